The summed E-state index contributed by atoms with van der Waals surface area (Å²) in [6.07, 6.45) is 2.33. The molecule has 0 spiro atoms. The summed E-state index contributed by atoms with van der Waals surface area (Å²) in [4.78, 5) is 24.6. The maximum atomic E-state index is 12.3. The lowest BCUT2D eigenvalue weighted by Crippen LogP contribution is -2.43. The fourth-order valence-corrected chi connectivity index (χ4v) is 2.87. The van der Waals surface area contributed by atoms with Crippen molar-refractivity contribution in [3.8, 4) is 11.5 Å². The van der Waals surface area contributed by atoms with Gasteiger partial charge in [-0.15, -0.1) is 0 Å². The number of methoxy groups -OCH3 is 1. The zero-order valence-electron chi connectivity index (χ0n) is 16.6. The quantitative estimate of drug-likeness (QED) is 0.441. The largest absolute Gasteiger partial charge is 0.493 e. The number of carbonyl (C=O) groups is 2. The van der Waals surface area contributed by atoms with Gasteiger partial charge < -0.3 is 14.8 Å². The molecule has 2 amide bonds. The Hall–Kier alpha value is -2.87. The maximum Gasteiger partial charge on any atom is 0.262 e. The molecule has 0 aliphatic carbocycles. The molecule has 1 unspecified atom stereocenters. The van der Waals surface area contributed by atoms with Crippen LogP contribution in [0.25, 0.3) is 0 Å². The number of benzene rings is 2. The average molecular weight is 462 g/mol. The number of amides is 2. The number of hydrazone groups is 1. The first-order valence-corrected chi connectivity index (χ1v) is 9.95. The van der Waals surface area contributed by atoms with Crippen molar-refractivity contribution in [3.63, 3.8) is 0 Å². The molecule has 7 nitrogen and oxygen atoms in total. The molecule has 0 heterocycles. The summed E-state index contributed by atoms with van der Waals surface area (Å²) in [7, 11) is 1.56. The maximum absolute atomic E-state index is 12.3. The van der Waals surface area contributed by atoms with Crippen molar-refractivity contribution < 1.29 is 19.1 Å². The summed E-state index contributed by atoms with van der Waals surface area (Å²) < 4.78 is 11.7. The Kier molecular flexibility index (Phi) is 8.67. The number of ether oxygens (including phenoxy) is 2. The van der Waals surface area contributed by atoms with Gasteiger partial charge >= 0.3 is 0 Å². The molecular formula is C21H24BrN3O4. The van der Waals surface area contributed by atoms with Crippen molar-refractivity contribution >= 4 is 34.0 Å². The van der Waals surface area contributed by atoms with Gasteiger partial charge in [-0.1, -0.05) is 25.1 Å². The van der Waals surface area contributed by atoms with Crippen LogP contribution in [-0.2, 0) is 4.79 Å². The minimum Gasteiger partial charge on any atom is -0.493 e. The van der Waals surface area contributed by atoms with Crippen molar-refractivity contribution in [2.75, 3.05) is 13.7 Å². The Morgan fingerprint density at radius 1 is 1.21 bits per heavy atom. The zero-order valence-corrected chi connectivity index (χ0v) is 18.2. The second kappa shape index (κ2) is 11.2. The lowest BCUT2D eigenvalue weighted by molar-refractivity contribution is -0.122. The SMILES string of the molecule is CCCOc1c(C=NNC(=O)C(C)NC(=O)c2ccccc2Br)cccc1OC. The monoisotopic (exact) mass is 461 g/mol. The van der Waals surface area contributed by atoms with E-state index in [2.05, 4.69) is 31.8 Å². The van der Waals surface area contributed by atoms with Crippen LogP contribution in [0.5, 0.6) is 11.5 Å². The van der Waals surface area contributed by atoms with Gasteiger partial charge in [0.2, 0.25) is 0 Å². The van der Waals surface area contributed by atoms with Gasteiger partial charge in [-0.25, -0.2) is 5.43 Å². The molecule has 1 atom stereocenters. The average Bonchev–Trinajstić information content (AvgIpc) is 2.72. The summed E-state index contributed by atoms with van der Waals surface area (Å²) in [6.45, 7) is 4.12. The van der Waals surface area contributed by atoms with Gasteiger partial charge in [0.1, 0.15) is 6.04 Å². The van der Waals surface area contributed by atoms with Crippen LogP contribution in [-0.4, -0.2) is 37.8 Å². The highest BCUT2D eigenvalue weighted by molar-refractivity contribution is 9.10. The number of halogens is 1. The van der Waals surface area contributed by atoms with Gasteiger partial charge in [-0.3, -0.25) is 9.59 Å². The van der Waals surface area contributed by atoms with E-state index in [-0.39, 0.29) is 5.91 Å². The zero-order chi connectivity index (χ0) is 21.2. The Morgan fingerprint density at radius 3 is 2.66 bits per heavy atom. The van der Waals surface area contributed by atoms with Crippen LogP contribution in [0.4, 0.5) is 0 Å². The van der Waals surface area contributed by atoms with Crippen LogP contribution in [0.3, 0.4) is 0 Å². The summed E-state index contributed by atoms with van der Waals surface area (Å²) in [5.41, 5.74) is 3.55. The molecule has 0 radical (unpaired) electrons. The Morgan fingerprint density at radius 2 is 1.97 bits per heavy atom. The Balaban J connectivity index is 2.00. The minimum absolute atomic E-state index is 0.354. The highest BCUT2D eigenvalue weighted by Crippen LogP contribution is 2.30. The molecule has 0 aliphatic heterocycles. The fourth-order valence-electron chi connectivity index (χ4n) is 2.40. The molecule has 0 fully saturated rings. The van der Waals surface area contributed by atoms with E-state index >= 15 is 0 Å². The molecule has 2 N–H and O–H groups in total. The molecular weight excluding hydrogens is 438 g/mol. The highest BCUT2D eigenvalue weighted by Gasteiger charge is 2.17. The summed E-state index contributed by atoms with van der Waals surface area (Å²) in [5, 5.41) is 6.63. The lowest BCUT2D eigenvalue weighted by atomic mass is 10.2. The first-order chi connectivity index (χ1) is 14.0. The third kappa shape index (κ3) is 6.32. The predicted octanol–water partition coefficient (Wildman–Crippen LogP) is 3.52. The van der Waals surface area contributed by atoms with E-state index in [0.717, 1.165) is 6.42 Å². The van der Waals surface area contributed by atoms with Crippen LogP contribution in [0.2, 0.25) is 0 Å². The van der Waals surface area contributed by atoms with E-state index < -0.39 is 11.9 Å². The number of rotatable bonds is 9. The van der Waals surface area contributed by atoms with Crippen molar-refractivity contribution in [1.82, 2.24) is 10.7 Å². The van der Waals surface area contributed by atoms with Gasteiger partial charge in [-0.2, -0.15) is 5.10 Å². The van der Waals surface area contributed by atoms with Crippen molar-refractivity contribution in [2.45, 2.75) is 26.3 Å². The number of carbonyl (C=O) groups excluding carboxylic acids is 2. The van der Waals surface area contributed by atoms with E-state index in [1.54, 1.807) is 50.4 Å². The van der Waals surface area contributed by atoms with E-state index in [9.17, 15) is 9.59 Å². The fraction of sp³-hybridized carbons (Fsp3) is 0.286. The van der Waals surface area contributed by atoms with Crippen LogP contribution in [0.15, 0.2) is 52.0 Å². The van der Waals surface area contributed by atoms with Gasteiger partial charge in [0.05, 0.1) is 25.5 Å². The van der Waals surface area contributed by atoms with Gasteiger partial charge in [-0.05, 0) is 53.5 Å². The third-order valence-corrected chi connectivity index (χ3v) is 4.61. The number of nitrogens with one attached hydrogen (secondary N) is 2. The second-order valence-corrected chi connectivity index (χ2v) is 6.99. The first-order valence-electron chi connectivity index (χ1n) is 9.16. The number of para-hydroxylation sites is 1. The van der Waals surface area contributed by atoms with Crippen molar-refractivity contribution in [1.29, 1.82) is 0 Å². The topological polar surface area (TPSA) is 89.0 Å². The molecule has 8 heteroatoms. The van der Waals surface area contributed by atoms with Crippen LogP contribution in [0, 0.1) is 0 Å². The standard InChI is InChI=1S/C21H24BrN3O4/c1-4-12-29-19-15(8-7-11-18(19)28-3)13-23-25-20(26)14(2)24-21(27)16-9-5-6-10-17(16)22/h5-11,13-14H,4,12H2,1-3H3,(H,24,27)(H,25,26). The molecule has 0 saturated heterocycles. The molecule has 0 bridgehead atoms. The van der Waals surface area contributed by atoms with Crippen LogP contribution >= 0.6 is 15.9 Å². The molecule has 29 heavy (non-hydrogen) atoms. The van der Waals surface area contributed by atoms with E-state index in [1.807, 2.05) is 13.0 Å². The number of hydrogen-bond donors (Lipinski definition) is 2. The van der Waals surface area contributed by atoms with E-state index in [0.29, 0.717) is 33.7 Å². The molecule has 154 valence electrons. The molecule has 2 aromatic carbocycles. The predicted molar refractivity (Wildman–Crippen MR) is 116 cm³/mol. The molecule has 2 rings (SSSR count). The number of nitrogens with zero attached hydrogens (tertiary/aromatic N) is 1. The van der Waals surface area contributed by atoms with Gasteiger partial charge in [0.25, 0.3) is 11.8 Å². The molecule has 0 aromatic heterocycles. The Bertz CT molecular complexity index is 886. The lowest BCUT2D eigenvalue weighted by Gasteiger charge is -2.13. The number of hydrogen-bond acceptors (Lipinski definition) is 5. The minimum atomic E-state index is -0.770. The normalized spacial score (nSPS) is 11.7. The van der Waals surface area contributed by atoms with E-state index in [4.69, 9.17) is 9.47 Å². The van der Waals surface area contributed by atoms with Crippen LogP contribution < -0.4 is 20.2 Å². The highest BCUT2D eigenvalue weighted by atomic mass is 79.9. The van der Waals surface area contributed by atoms with Gasteiger partial charge in [0, 0.05) is 10.0 Å². The van der Waals surface area contributed by atoms with Gasteiger partial charge in [0.15, 0.2) is 11.5 Å². The first kappa shape index (κ1) is 22.4. The van der Waals surface area contributed by atoms with Crippen molar-refractivity contribution in [2.24, 2.45) is 5.10 Å². The molecule has 0 saturated carbocycles. The van der Waals surface area contributed by atoms with Crippen LogP contribution in [0.1, 0.15) is 36.2 Å². The summed E-state index contributed by atoms with van der Waals surface area (Å²) in [6, 6.07) is 11.6. The Labute approximate surface area is 178 Å². The summed E-state index contributed by atoms with van der Waals surface area (Å²) >= 11 is 3.32. The third-order valence-electron chi connectivity index (χ3n) is 3.92. The van der Waals surface area contributed by atoms with Crippen molar-refractivity contribution in [3.05, 3.63) is 58.1 Å². The molecule has 0 aliphatic rings. The van der Waals surface area contributed by atoms with E-state index in [1.165, 1.54) is 6.21 Å². The molecule has 2 aromatic rings. The smallest absolute Gasteiger partial charge is 0.262 e. The second-order valence-electron chi connectivity index (χ2n) is 6.14. The summed E-state index contributed by atoms with van der Waals surface area (Å²) in [5.74, 6) is 0.348.